The molecule has 5 heteroatoms. The maximum Gasteiger partial charge on any atom is 0.313 e. The number of amides is 2. The maximum atomic E-state index is 11.7. The largest absolute Gasteiger partial charge is 0.345 e. The molecule has 1 aliphatic carbocycles. The van der Waals surface area contributed by atoms with Crippen molar-refractivity contribution in [1.29, 1.82) is 0 Å². The summed E-state index contributed by atoms with van der Waals surface area (Å²) in [4.78, 5) is 23.3. The van der Waals surface area contributed by atoms with E-state index in [4.69, 9.17) is 0 Å². The molecular weight excluding hydrogens is 343 g/mol. The Morgan fingerprint density at radius 3 is 2.28 bits per heavy atom. The predicted octanol–water partition coefficient (Wildman–Crippen LogP) is 2.29. The number of halogens is 1. The molecule has 0 bridgehead atoms. The molecule has 4 nitrogen and oxygen atoms in total. The highest BCUT2D eigenvalue weighted by Crippen LogP contribution is 2.17. The van der Waals surface area contributed by atoms with Crippen LogP contribution in [0.1, 0.15) is 25.7 Å². The predicted molar refractivity (Wildman–Crippen MR) is 78.2 cm³/mol. The molecule has 1 aliphatic rings. The van der Waals surface area contributed by atoms with E-state index in [9.17, 15) is 9.59 Å². The summed E-state index contributed by atoms with van der Waals surface area (Å²) in [7, 11) is 0. The van der Waals surface area contributed by atoms with Gasteiger partial charge in [0.1, 0.15) is 0 Å². The fourth-order valence-corrected chi connectivity index (χ4v) is 2.40. The molecule has 1 aromatic carbocycles. The third-order valence-electron chi connectivity index (χ3n) is 3.00. The average Bonchev–Trinajstić information content (AvgIpc) is 2.85. The van der Waals surface area contributed by atoms with Gasteiger partial charge in [0, 0.05) is 15.3 Å². The molecule has 1 aromatic rings. The summed E-state index contributed by atoms with van der Waals surface area (Å²) in [6, 6.07) is 7.49. The van der Waals surface area contributed by atoms with Gasteiger partial charge in [-0.25, -0.2) is 0 Å². The Morgan fingerprint density at radius 2 is 1.67 bits per heavy atom. The highest BCUT2D eigenvalue weighted by molar-refractivity contribution is 14.1. The van der Waals surface area contributed by atoms with Gasteiger partial charge in [0.2, 0.25) is 0 Å². The number of rotatable bonds is 2. The number of benzene rings is 1. The monoisotopic (exact) mass is 358 g/mol. The van der Waals surface area contributed by atoms with Crippen LogP contribution in [0.3, 0.4) is 0 Å². The number of nitrogens with one attached hydrogen (secondary N) is 2. The summed E-state index contributed by atoms with van der Waals surface area (Å²) < 4.78 is 1.08. The van der Waals surface area contributed by atoms with Gasteiger partial charge in [-0.15, -0.1) is 0 Å². The number of hydrogen-bond donors (Lipinski definition) is 2. The van der Waals surface area contributed by atoms with E-state index >= 15 is 0 Å². The summed E-state index contributed by atoms with van der Waals surface area (Å²) in [5, 5.41) is 5.35. The van der Waals surface area contributed by atoms with Crippen molar-refractivity contribution in [3.63, 3.8) is 0 Å². The standard InChI is InChI=1S/C13H15IN2O2/c14-9-5-7-11(8-6-9)16-13(18)12(17)15-10-3-1-2-4-10/h5-8,10H,1-4H2,(H,15,17)(H,16,18). The Kier molecular flexibility index (Phi) is 4.57. The van der Waals surface area contributed by atoms with Crippen molar-refractivity contribution in [3.05, 3.63) is 27.8 Å². The van der Waals surface area contributed by atoms with Crippen LogP contribution in [0.25, 0.3) is 0 Å². The molecule has 0 radical (unpaired) electrons. The molecule has 0 saturated heterocycles. The van der Waals surface area contributed by atoms with Gasteiger partial charge < -0.3 is 10.6 Å². The summed E-state index contributed by atoms with van der Waals surface area (Å²) in [6.45, 7) is 0. The first-order valence-electron chi connectivity index (χ1n) is 6.02. The lowest BCUT2D eigenvalue weighted by Gasteiger charge is -2.11. The van der Waals surface area contributed by atoms with Crippen LogP contribution in [0.2, 0.25) is 0 Å². The number of carbonyl (C=O) groups is 2. The molecule has 0 aliphatic heterocycles. The molecular formula is C13H15IN2O2. The number of carbonyl (C=O) groups excluding carboxylic acids is 2. The third-order valence-corrected chi connectivity index (χ3v) is 3.72. The molecule has 1 saturated carbocycles. The molecule has 18 heavy (non-hydrogen) atoms. The Hall–Kier alpha value is -1.11. The lowest BCUT2D eigenvalue weighted by molar-refractivity contribution is -0.136. The zero-order chi connectivity index (χ0) is 13.0. The fraction of sp³-hybridized carbons (Fsp3) is 0.385. The van der Waals surface area contributed by atoms with E-state index in [1.54, 1.807) is 12.1 Å². The molecule has 0 aromatic heterocycles. The van der Waals surface area contributed by atoms with Gasteiger partial charge in [-0.05, 0) is 59.7 Å². The molecule has 0 spiro atoms. The van der Waals surface area contributed by atoms with Crippen LogP contribution in [0, 0.1) is 3.57 Å². The quantitative estimate of drug-likeness (QED) is 0.630. The smallest absolute Gasteiger partial charge is 0.313 e. The van der Waals surface area contributed by atoms with E-state index in [0.29, 0.717) is 5.69 Å². The minimum Gasteiger partial charge on any atom is -0.345 e. The lowest BCUT2D eigenvalue weighted by atomic mass is 10.2. The Morgan fingerprint density at radius 1 is 1.06 bits per heavy atom. The Balaban J connectivity index is 1.86. The summed E-state index contributed by atoms with van der Waals surface area (Å²) >= 11 is 2.18. The second kappa shape index (κ2) is 6.17. The first kappa shape index (κ1) is 13.3. The molecule has 0 unspecified atom stereocenters. The summed E-state index contributed by atoms with van der Waals surface area (Å²) in [5.41, 5.74) is 0.641. The van der Waals surface area contributed by atoms with Crippen LogP contribution in [-0.2, 0) is 9.59 Å². The van der Waals surface area contributed by atoms with Gasteiger partial charge in [0.05, 0.1) is 0 Å². The highest BCUT2D eigenvalue weighted by Gasteiger charge is 2.21. The zero-order valence-electron chi connectivity index (χ0n) is 9.91. The van der Waals surface area contributed by atoms with Gasteiger partial charge in [0.15, 0.2) is 0 Å². The van der Waals surface area contributed by atoms with E-state index in [2.05, 4.69) is 33.2 Å². The highest BCUT2D eigenvalue weighted by atomic mass is 127. The van der Waals surface area contributed by atoms with Gasteiger partial charge in [-0.3, -0.25) is 9.59 Å². The van der Waals surface area contributed by atoms with Crippen molar-refractivity contribution in [2.24, 2.45) is 0 Å². The molecule has 0 atom stereocenters. The van der Waals surface area contributed by atoms with Crippen molar-refractivity contribution < 1.29 is 9.59 Å². The molecule has 96 valence electrons. The van der Waals surface area contributed by atoms with Crippen molar-refractivity contribution in [1.82, 2.24) is 5.32 Å². The van der Waals surface area contributed by atoms with Crippen LogP contribution in [0.15, 0.2) is 24.3 Å². The van der Waals surface area contributed by atoms with Crippen LogP contribution in [0.4, 0.5) is 5.69 Å². The van der Waals surface area contributed by atoms with Crippen molar-refractivity contribution in [2.45, 2.75) is 31.7 Å². The Labute approximate surface area is 120 Å². The zero-order valence-corrected chi connectivity index (χ0v) is 12.1. The lowest BCUT2D eigenvalue weighted by Crippen LogP contribution is -2.40. The Bertz CT molecular complexity index is 439. The van der Waals surface area contributed by atoms with Crippen LogP contribution in [-0.4, -0.2) is 17.9 Å². The van der Waals surface area contributed by atoms with Crippen molar-refractivity contribution in [2.75, 3.05) is 5.32 Å². The first-order chi connectivity index (χ1) is 8.65. The van der Waals surface area contributed by atoms with Crippen molar-refractivity contribution in [3.8, 4) is 0 Å². The normalized spacial score (nSPS) is 15.4. The van der Waals surface area contributed by atoms with Gasteiger partial charge in [-0.2, -0.15) is 0 Å². The number of anilines is 1. The molecule has 1 fully saturated rings. The summed E-state index contributed by atoms with van der Waals surface area (Å²) in [6.07, 6.45) is 4.21. The molecule has 0 heterocycles. The van der Waals surface area contributed by atoms with E-state index in [0.717, 1.165) is 29.3 Å². The average molecular weight is 358 g/mol. The topological polar surface area (TPSA) is 58.2 Å². The van der Waals surface area contributed by atoms with Gasteiger partial charge in [0.25, 0.3) is 0 Å². The molecule has 2 N–H and O–H groups in total. The van der Waals surface area contributed by atoms with E-state index in [1.165, 1.54) is 0 Å². The van der Waals surface area contributed by atoms with Crippen LogP contribution >= 0.6 is 22.6 Å². The van der Waals surface area contributed by atoms with Crippen LogP contribution < -0.4 is 10.6 Å². The number of hydrogen-bond acceptors (Lipinski definition) is 2. The van der Waals surface area contributed by atoms with Crippen LogP contribution in [0.5, 0.6) is 0 Å². The second-order valence-corrected chi connectivity index (χ2v) is 5.66. The van der Waals surface area contributed by atoms with E-state index in [-0.39, 0.29) is 6.04 Å². The molecule has 2 rings (SSSR count). The van der Waals surface area contributed by atoms with Crippen molar-refractivity contribution >= 4 is 40.1 Å². The minimum absolute atomic E-state index is 0.167. The third kappa shape index (κ3) is 3.69. The van der Waals surface area contributed by atoms with Gasteiger partial charge >= 0.3 is 11.8 Å². The van der Waals surface area contributed by atoms with E-state index < -0.39 is 11.8 Å². The molecule has 2 amide bonds. The van der Waals surface area contributed by atoms with E-state index in [1.807, 2.05) is 12.1 Å². The minimum atomic E-state index is -0.594. The SMILES string of the molecule is O=C(Nc1ccc(I)cc1)C(=O)NC1CCCC1. The second-order valence-electron chi connectivity index (χ2n) is 4.42. The van der Waals surface area contributed by atoms with Gasteiger partial charge in [-0.1, -0.05) is 12.8 Å². The maximum absolute atomic E-state index is 11.7. The summed E-state index contributed by atoms with van der Waals surface area (Å²) in [5.74, 6) is -1.14. The fourth-order valence-electron chi connectivity index (χ4n) is 2.04. The first-order valence-corrected chi connectivity index (χ1v) is 7.10.